The van der Waals surface area contributed by atoms with Gasteiger partial charge in [-0.15, -0.1) is 11.3 Å². The minimum Gasteiger partial charge on any atom is -0.385 e. The van der Waals surface area contributed by atoms with E-state index in [4.69, 9.17) is 0 Å². The molecular formula is C14H12F2N2OS. The molecule has 3 aromatic rings. The number of imidazole rings is 1. The summed E-state index contributed by atoms with van der Waals surface area (Å²) in [6.07, 6.45) is 3.74. The van der Waals surface area contributed by atoms with E-state index in [0.29, 0.717) is 5.69 Å². The molecule has 3 rings (SSSR count). The zero-order valence-electron chi connectivity index (χ0n) is 10.7. The summed E-state index contributed by atoms with van der Waals surface area (Å²) in [6, 6.07) is 3.80. The zero-order chi connectivity index (χ0) is 14.3. The van der Waals surface area contributed by atoms with Crippen LogP contribution in [0.3, 0.4) is 0 Å². The van der Waals surface area contributed by atoms with Crippen LogP contribution in [0.4, 0.5) is 8.78 Å². The lowest BCUT2D eigenvalue weighted by molar-refractivity contribution is 0.0521. The Labute approximate surface area is 118 Å². The van der Waals surface area contributed by atoms with Crippen molar-refractivity contribution in [2.75, 3.05) is 0 Å². The molecule has 0 amide bonds. The van der Waals surface area contributed by atoms with Gasteiger partial charge in [0.25, 0.3) is 0 Å². The molecule has 0 saturated carbocycles. The summed E-state index contributed by atoms with van der Waals surface area (Å²) >= 11 is 1.47. The number of hydrogen-bond acceptors (Lipinski definition) is 3. The zero-order valence-corrected chi connectivity index (χ0v) is 11.5. The summed E-state index contributed by atoms with van der Waals surface area (Å²) in [4.78, 5) is 5.14. The van der Waals surface area contributed by atoms with Crippen LogP contribution in [0, 0.1) is 11.6 Å². The maximum atomic E-state index is 13.8. The van der Waals surface area contributed by atoms with E-state index in [1.165, 1.54) is 30.4 Å². The van der Waals surface area contributed by atoms with Crippen molar-refractivity contribution in [1.82, 2.24) is 9.38 Å². The van der Waals surface area contributed by atoms with Crippen LogP contribution in [0.15, 0.2) is 36.0 Å². The third-order valence-electron chi connectivity index (χ3n) is 3.20. The molecule has 0 aliphatic rings. The Hall–Kier alpha value is -1.79. The number of rotatable bonds is 3. The standard InChI is InChI=1S/C14H12F2N2OS/c1-14(19,10-3-2-4-11(15)12(10)16)7-9-8-18-5-6-20-13(18)17-9/h2-6,8,19H,7H2,1H3. The molecule has 6 heteroatoms. The molecule has 3 nitrogen and oxygen atoms in total. The van der Waals surface area contributed by atoms with Crippen LogP contribution >= 0.6 is 11.3 Å². The molecule has 0 spiro atoms. The summed E-state index contributed by atoms with van der Waals surface area (Å²) in [6.45, 7) is 1.46. The van der Waals surface area contributed by atoms with Crippen LogP contribution in [-0.2, 0) is 12.0 Å². The average Bonchev–Trinajstić information content (AvgIpc) is 2.92. The van der Waals surface area contributed by atoms with E-state index in [1.54, 1.807) is 6.20 Å². The molecule has 1 aromatic carbocycles. The van der Waals surface area contributed by atoms with Gasteiger partial charge in [0.2, 0.25) is 0 Å². The van der Waals surface area contributed by atoms with Gasteiger partial charge in [-0.2, -0.15) is 0 Å². The van der Waals surface area contributed by atoms with Crippen molar-refractivity contribution in [3.05, 3.63) is 58.9 Å². The van der Waals surface area contributed by atoms with Crippen LogP contribution in [0.25, 0.3) is 4.96 Å². The molecule has 0 saturated heterocycles. The first-order valence-electron chi connectivity index (χ1n) is 6.05. The van der Waals surface area contributed by atoms with Gasteiger partial charge in [0, 0.05) is 29.8 Å². The molecule has 1 N–H and O–H groups in total. The SMILES string of the molecule is CC(O)(Cc1cn2ccsc2n1)c1cccc(F)c1F. The van der Waals surface area contributed by atoms with Gasteiger partial charge >= 0.3 is 0 Å². The Morgan fingerprint density at radius 2 is 2.20 bits per heavy atom. The second-order valence-corrected chi connectivity index (χ2v) is 5.75. The van der Waals surface area contributed by atoms with Crippen LogP contribution in [0.2, 0.25) is 0 Å². The molecule has 20 heavy (non-hydrogen) atoms. The lowest BCUT2D eigenvalue weighted by Gasteiger charge is -2.23. The lowest BCUT2D eigenvalue weighted by Crippen LogP contribution is -2.26. The normalized spacial score (nSPS) is 14.6. The van der Waals surface area contributed by atoms with Crippen molar-refractivity contribution >= 4 is 16.3 Å². The first-order valence-corrected chi connectivity index (χ1v) is 6.93. The number of fused-ring (bicyclic) bond motifs is 1. The average molecular weight is 294 g/mol. The summed E-state index contributed by atoms with van der Waals surface area (Å²) in [5, 5.41) is 12.4. The molecule has 1 unspecified atom stereocenters. The number of hydrogen-bond donors (Lipinski definition) is 1. The first kappa shape index (κ1) is 13.2. The monoisotopic (exact) mass is 294 g/mol. The van der Waals surface area contributed by atoms with Gasteiger partial charge in [-0.05, 0) is 13.0 Å². The smallest absolute Gasteiger partial charge is 0.193 e. The van der Waals surface area contributed by atoms with Gasteiger partial charge in [0.1, 0.15) is 0 Å². The third kappa shape index (κ3) is 2.21. The number of nitrogens with zero attached hydrogens (tertiary/aromatic N) is 2. The Balaban J connectivity index is 1.95. The molecule has 0 aliphatic carbocycles. The first-order chi connectivity index (χ1) is 9.47. The highest BCUT2D eigenvalue weighted by molar-refractivity contribution is 7.15. The fraction of sp³-hybridized carbons (Fsp3) is 0.214. The van der Waals surface area contributed by atoms with Crippen molar-refractivity contribution in [2.24, 2.45) is 0 Å². The molecule has 2 heterocycles. The van der Waals surface area contributed by atoms with E-state index in [2.05, 4.69) is 4.98 Å². The Bertz CT molecular complexity index is 735. The Morgan fingerprint density at radius 3 is 2.95 bits per heavy atom. The number of thiazole rings is 1. The predicted molar refractivity (Wildman–Crippen MR) is 72.7 cm³/mol. The van der Waals surface area contributed by atoms with Crippen LogP contribution in [0.5, 0.6) is 0 Å². The number of benzene rings is 1. The number of aromatic nitrogens is 2. The van der Waals surface area contributed by atoms with Gasteiger partial charge < -0.3 is 5.11 Å². The second kappa shape index (κ2) is 4.64. The van der Waals surface area contributed by atoms with E-state index < -0.39 is 17.2 Å². The number of aliphatic hydroxyl groups is 1. The molecule has 0 aliphatic heterocycles. The summed E-state index contributed by atoms with van der Waals surface area (Å²) in [5.74, 6) is -1.98. The molecule has 104 valence electrons. The Kier molecular flexibility index (Phi) is 3.07. The number of halogens is 2. The van der Waals surface area contributed by atoms with E-state index >= 15 is 0 Å². The fourth-order valence-corrected chi connectivity index (χ4v) is 2.95. The Morgan fingerprint density at radius 1 is 1.40 bits per heavy atom. The van der Waals surface area contributed by atoms with Gasteiger partial charge in [0.15, 0.2) is 16.6 Å². The highest BCUT2D eigenvalue weighted by Crippen LogP contribution is 2.28. The van der Waals surface area contributed by atoms with E-state index in [0.717, 1.165) is 11.0 Å². The van der Waals surface area contributed by atoms with E-state index in [9.17, 15) is 13.9 Å². The third-order valence-corrected chi connectivity index (χ3v) is 3.97. The molecule has 0 radical (unpaired) electrons. The van der Waals surface area contributed by atoms with Crippen molar-refractivity contribution in [2.45, 2.75) is 18.9 Å². The van der Waals surface area contributed by atoms with Crippen LogP contribution < -0.4 is 0 Å². The highest BCUT2D eigenvalue weighted by Gasteiger charge is 2.29. The van der Waals surface area contributed by atoms with Crippen molar-refractivity contribution < 1.29 is 13.9 Å². The minimum absolute atomic E-state index is 0.0612. The van der Waals surface area contributed by atoms with Crippen LogP contribution in [-0.4, -0.2) is 14.5 Å². The van der Waals surface area contributed by atoms with E-state index in [1.807, 2.05) is 16.0 Å². The van der Waals surface area contributed by atoms with Gasteiger partial charge in [0.05, 0.1) is 11.3 Å². The quantitative estimate of drug-likeness (QED) is 0.806. The summed E-state index contributed by atoms with van der Waals surface area (Å²) < 4.78 is 28.9. The lowest BCUT2D eigenvalue weighted by atomic mass is 9.91. The summed E-state index contributed by atoms with van der Waals surface area (Å²) in [5.41, 5.74) is -0.949. The predicted octanol–water partition coefficient (Wildman–Crippen LogP) is 3.12. The maximum absolute atomic E-state index is 13.8. The van der Waals surface area contributed by atoms with Gasteiger partial charge in [-0.3, -0.25) is 4.40 Å². The molecule has 0 bridgehead atoms. The van der Waals surface area contributed by atoms with Gasteiger partial charge in [-0.25, -0.2) is 13.8 Å². The summed E-state index contributed by atoms with van der Waals surface area (Å²) in [7, 11) is 0. The molecule has 0 fully saturated rings. The van der Waals surface area contributed by atoms with Crippen molar-refractivity contribution in [3.8, 4) is 0 Å². The highest BCUT2D eigenvalue weighted by atomic mass is 32.1. The molecular weight excluding hydrogens is 282 g/mol. The minimum atomic E-state index is -1.52. The van der Waals surface area contributed by atoms with Crippen molar-refractivity contribution in [1.29, 1.82) is 0 Å². The molecule has 1 atom stereocenters. The molecule has 2 aromatic heterocycles. The topological polar surface area (TPSA) is 37.5 Å². The van der Waals surface area contributed by atoms with E-state index in [-0.39, 0.29) is 12.0 Å². The van der Waals surface area contributed by atoms with Gasteiger partial charge in [-0.1, -0.05) is 12.1 Å². The van der Waals surface area contributed by atoms with Crippen LogP contribution in [0.1, 0.15) is 18.2 Å². The maximum Gasteiger partial charge on any atom is 0.193 e. The largest absolute Gasteiger partial charge is 0.385 e. The van der Waals surface area contributed by atoms with Crippen molar-refractivity contribution in [3.63, 3.8) is 0 Å². The fourth-order valence-electron chi connectivity index (χ4n) is 2.23. The second-order valence-electron chi connectivity index (χ2n) is 4.88.